The summed E-state index contributed by atoms with van der Waals surface area (Å²) in [7, 11) is 1.64. The number of hydrogen-bond donors (Lipinski definition) is 0. The largest absolute Gasteiger partial charge is 0.497 e. The number of thioether (sulfide) groups is 1. The smallest absolute Gasteiger partial charge is 0.237 e. The molecule has 0 spiro atoms. The second-order valence-corrected chi connectivity index (χ2v) is 7.46. The number of benzene rings is 2. The van der Waals surface area contributed by atoms with Crippen molar-refractivity contribution in [1.29, 1.82) is 0 Å². The Hall–Kier alpha value is -2.21. The van der Waals surface area contributed by atoms with Crippen LogP contribution in [0.3, 0.4) is 0 Å². The molecule has 0 radical (unpaired) electrons. The number of fused-ring (bicyclic) bond motifs is 1. The first-order valence-electron chi connectivity index (χ1n) is 8.14. The van der Waals surface area contributed by atoms with Gasteiger partial charge in [-0.05, 0) is 42.7 Å². The van der Waals surface area contributed by atoms with Gasteiger partial charge in [-0.3, -0.25) is 4.40 Å². The van der Waals surface area contributed by atoms with Crippen molar-refractivity contribution in [2.24, 2.45) is 0 Å². The third kappa shape index (κ3) is 3.38. The summed E-state index contributed by atoms with van der Waals surface area (Å²) in [6.07, 6.45) is 2.05. The lowest BCUT2D eigenvalue weighted by Crippen LogP contribution is -1.94. The highest BCUT2D eigenvalue weighted by atomic mass is 35.5. The Morgan fingerprint density at radius 2 is 1.59 bits per heavy atom. The summed E-state index contributed by atoms with van der Waals surface area (Å²) in [5.74, 6) is 1.24. The molecule has 0 N–H and O–H groups in total. The van der Waals surface area contributed by atoms with Crippen molar-refractivity contribution in [3.8, 4) is 28.3 Å². The summed E-state index contributed by atoms with van der Waals surface area (Å²) in [5, 5.41) is 0.762. The van der Waals surface area contributed by atoms with Gasteiger partial charge in [0.1, 0.15) is 16.1 Å². The van der Waals surface area contributed by atoms with Crippen LogP contribution in [0.1, 0.15) is 0 Å². The van der Waals surface area contributed by atoms with E-state index in [1.807, 2.05) is 34.9 Å². The van der Waals surface area contributed by atoms with Gasteiger partial charge >= 0.3 is 0 Å². The Balaban J connectivity index is 2.00. The zero-order valence-corrected chi connectivity index (χ0v) is 16.9. The van der Waals surface area contributed by atoms with E-state index in [1.165, 1.54) is 4.90 Å². The first kappa shape index (κ1) is 18.2. The van der Waals surface area contributed by atoms with Crippen molar-refractivity contribution in [3.05, 3.63) is 64.9 Å². The molecule has 136 valence electrons. The fraction of sp³-hybridized carbons (Fsp3) is 0.100. The molecular weight excluding hydrogens is 401 g/mol. The predicted octanol–water partition coefficient (Wildman–Crippen LogP) is 6.10. The first-order chi connectivity index (χ1) is 13.1. The monoisotopic (exact) mass is 415 g/mol. The molecule has 0 aliphatic rings. The summed E-state index contributed by atoms with van der Waals surface area (Å²) in [6.45, 7) is 0. The van der Waals surface area contributed by atoms with Crippen molar-refractivity contribution < 1.29 is 4.74 Å². The third-order valence-corrected chi connectivity index (χ3v) is 5.46. The second kappa shape index (κ2) is 7.43. The number of methoxy groups -OCH3 is 1. The van der Waals surface area contributed by atoms with E-state index in [1.54, 1.807) is 24.9 Å². The molecule has 7 heteroatoms. The van der Waals surface area contributed by atoms with E-state index < -0.39 is 0 Å². The number of halogens is 2. The average Bonchev–Trinajstić information content (AvgIpc) is 3.07. The summed E-state index contributed by atoms with van der Waals surface area (Å²) in [5.41, 5.74) is 3.60. The zero-order valence-electron chi connectivity index (χ0n) is 14.6. The number of imidazole rings is 1. The molecule has 0 unspecified atom stereocenters. The average molecular weight is 416 g/mol. The van der Waals surface area contributed by atoms with E-state index in [0.29, 0.717) is 16.1 Å². The number of hydrogen-bond acceptors (Lipinski definition) is 4. The topological polar surface area (TPSA) is 39.4 Å². The van der Waals surface area contributed by atoms with Crippen molar-refractivity contribution in [2.45, 2.75) is 4.90 Å². The highest BCUT2D eigenvalue weighted by molar-refractivity contribution is 7.98. The van der Waals surface area contributed by atoms with Crippen molar-refractivity contribution in [1.82, 2.24) is 14.4 Å². The molecule has 0 aliphatic carbocycles. The van der Waals surface area contributed by atoms with Gasteiger partial charge in [-0.25, -0.2) is 9.97 Å². The van der Waals surface area contributed by atoms with E-state index >= 15 is 0 Å². The van der Waals surface area contributed by atoms with Crippen LogP contribution in [0.2, 0.25) is 10.3 Å². The quantitative estimate of drug-likeness (QED) is 0.298. The highest BCUT2D eigenvalue weighted by Crippen LogP contribution is 2.36. The van der Waals surface area contributed by atoms with Crippen LogP contribution in [0.4, 0.5) is 0 Å². The van der Waals surface area contributed by atoms with Crippen LogP contribution >= 0.6 is 35.0 Å². The van der Waals surface area contributed by atoms with Crippen molar-refractivity contribution in [3.63, 3.8) is 0 Å². The molecule has 2 aromatic heterocycles. The van der Waals surface area contributed by atoms with Crippen LogP contribution in [0, 0.1) is 0 Å². The first-order valence-corrected chi connectivity index (χ1v) is 10.1. The maximum absolute atomic E-state index is 6.49. The van der Waals surface area contributed by atoms with E-state index in [9.17, 15) is 0 Å². The minimum Gasteiger partial charge on any atom is -0.497 e. The molecular formula is C20H15Cl2N3OS. The fourth-order valence-corrected chi connectivity index (χ4v) is 3.85. The molecule has 2 aromatic carbocycles. The molecule has 2 heterocycles. The standard InChI is InChI=1S/C20H15Cl2N3OS/c1-26-14-7-3-13(4-8-14)19-18(12-5-9-15(27-2)10-6-12)24-20-23-16(21)11-17(22)25(19)20/h3-11H,1-2H3. The molecule has 0 saturated carbocycles. The lowest BCUT2D eigenvalue weighted by molar-refractivity contribution is 0.415. The van der Waals surface area contributed by atoms with E-state index in [0.717, 1.165) is 28.3 Å². The van der Waals surface area contributed by atoms with Crippen LogP contribution in [0.5, 0.6) is 5.75 Å². The van der Waals surface area contributed by atoms with Gasteiger partial charge in [0.2, 0.25) is 5.78 Å². The zero-order chi connectivity index (χ0) is 19.0. The fourth-order valence-electron chi connectivity index (χ4n) is 2.94. The number of rotatable bonds is 4. The Morgan fingerprint density at radius 3 is 2.22 bits per heavy atom. The van der Waals surface area contributed by atoms with Crippen LogP contribution in [0.25, 0.3) is 28.3 Å². The summed E-state index contributed by atoms with van der Waals surface area (Å²) >= 11 is 14.3. The Labute approximate surface area is 171 Å². The summed E-state index contributed by atoms with van der Waals surface area (Å²) in [6, 6.07) is 17.6. The molecule has 27 heavy (non-hydrogen) atoms. The Bertz CT molecular complexity index is 1110. The second-order valence-electron chi connectivity index (χ2n) is 5.80. The molecule has 0 bridgehead atoms. The van der Waals surface area contributed by atoms with Gasteiger partial charge in [0.05, 0.1) is 18.5 Å². The Kier molecular flexibility index (Phi) is 5.00. The third-order valence-electron chi connectivity index (χ3n) is 4.25. The Morgan fingerprint density at radius 1 is 0.926 bits per heavy atom. The van der Waals surface area contributed by atoms with Gasteiger partial charge in [0.15, 0.2) is 0 Å². The van der Waals surface area contributed by atoms with Crippen LogP contribution in [0.15, 0.2) is 59.5 Å². The van der Waals surface area contributed by atoms with Gasteiger partial charge < -0.3 is 4.74 Å². The minimum atomic E-state index is 0.308. The van der Waals surface area contributed by atoms with Gasteiger partial charge in [-0.1, -0.05) is 35.3 Å². The normalized spacial score (nSPS) is 11.1. The molecule has 4 rings (SSSR count). The number of nitrogens with zero attached hydrogens (tertiary/aromatic N) is 3. The van der Waals surface area contributed by atoms with E-state index in [4.69, 9.17) is 32.9 Å². The maximum Gasteiger partial charge on any atom is 0.237 e. The predicted molar refractivity (Wildman–Crippen MR) is 112 cm³/mol. The van der Waals surface area contributed by atoms with Crippen LogP contribution < -0.4 is 4.74 Å². The molecule has 4 nitrogen and oxygen atoms in total. The van der Waals surface area contributed by atoms with Crippen LogP contribution in [-0.2, 0) is 0 Å². The van der Waals surface area contributed by atoms with Gasteiger partial charge in [0, 0.05) is 22.1 Å². The number of aromatic nitrogens is 3. The lowest BCUT2D eigenvalue weighted by Gasteiger charge is -2.08. The molecule has 0 amide bonds. The van der Waals surface area contributed by atoms with E-state index in [-0.39, 0.29) is 0 Å². The highest BCUT2D eigenvalue weighted by Gasteiger charge is 2.19. The van der Waals surface area contributed by atoms with Crippen molar-refractivity contribution >= 4 is 40.7 Å². The van der Waals surface area contributed by atoms with Gasteiger partial charge in [0.25, 0.3) is 0 Å². The van der Waals surface area contributed by atoms with Gasteiger partial charge in [-0.15, -0.1) is 11.8 Å². The number of ether oxygens (including phenoxy) is 1. The van der Waals surface area contributed by atoms with Gasteiger partial charge in [-0.2, -0.15) is 0 Å². The maximum atomic E-state index is 6.49. The van der Waals surface area contributed by atoms with Crippen LogP contribution in [-0.4, -0.2) is 27.7 Å². The minimum absolute atomic E-state index is 0.308. The van der Waals surface area contributed by atoms with Crippen molar-refractivity contribution in [2.75, 3.05) is 13.4 Å². The molecule has 0 fully saturated rings. The molecule has 0 saturated heterocycles. The SMILES string of the molecule is COc1ccc(-c2c(-c3ccc(SC)cc3)nc3nc(Cl)cc(Cl)n23)cc1. The summed E-state index contributed by atoms with van der Waals surface area (Å²) < 4.78 is 7.09. The molecule has 0 aliphatic heterocycles. The molecule has 0 atom stereocenters. The summed E-state index contributed by atoms with van der Waals surface area (Å²) in [4.78, 5) is 10.3. The van der Waals surface area contributed by atoms with E-state index in [2.05, 4.69) is 29.2 Å². The molecule has 4 aromatic rings. The lowest BCUT2D eigenvalue weighted by atomic mass is 10.0.